The molecule has 8 nitrogen and oxygen atoms in total. The van der Waals surface area contributed by atoms with E-state index in [0.29, 0.717) is 17.9 Å². The topological polar surface area (TPSA) is 93.7 Å². The van der Waals surface area contributed by atoms with Crippen LogP contribution in [0.4, 0.5) is 17.7 Å². The fourth-order valence-electron chi connectivity index (χ4n) is 3.30. The molecule has 3 aromatic rings. The number of rotatable bonds is 5. The van der Waals surface area contributed by atoms with Gasteiger partial charge in [0, 0.05) is 42.7 Å². The Kier molecular flexibility index (Phi) is 4.55. The summed E-state index contributed by atoms with van der Waals surface area (Å²) in [5, 5.41) is 14.8. The Hall–Kier alpha value is -2.90. The van der Waals surface area contributed by atoms with Crippen LogP contribution < -0.4 is 10.6 Å². The van der Waals surface area contributed by atoms with E-state index in [0.717, 1.165) is 22.6 Å². The van der Waals surface area contributed by atoms with Gasteiger partial charge in [-0.05, 0) is 19.8 Å². The average molecular weight is 353 g/mol. The van der Waals surface area contributed by atoms with Crippen LogP contribution in [0, 0.1) is 6.92 Å². The second kappa shape index (κ2) is 7.15. The molecule has 0 saturated heterocycles. The lowest BCUT2D eigenvalue weighted by Gasteiger charge is -2.24. The third-order valence-electron chi connectivity index (χ3n) is 4.61. The van der Waals surface area contributed by atoms with Crippen molar-refractivity contribution in [1.82, 2.24) is 24.9 Å². The molecule has 0 bridgehead atoms. The number of anilines is 3. The second-order valence-electron chi connectivity index (χ2n) is 6.80. The molecule has 1 fully saturated rings. The van der Waals surface area contributed by atoms with Gasteiger partial charge in [0.25, 0.3) is 0 Å². The number of nitrogens with one attached hydrogen (secondary N) is 2. The highest BCUT2D eigenvalue weighted by Gasteiger charge is 2.18. The summed E-state index contributed by atoms with van der Waals surface area (Å²) in [4.78, 5) is 9.13. The highest BCUT2D eigenvalue weighted by atomic mass is 16.5. The summed E-state index contributed by atoms with van der Waals surface area (Å²) in [6.45, 7) is 1.87. The summed E-state index contributed by atoms with van der Waals surface area (Å²) >= 11 is 0. The Labute approximate surface area is 152 Å². The molecule has 3 heterocycles. The molecule has 1 saturated carbocycles. The Morgan fingerprint density at radius 1 is 1.19 bits per heavy atom. The lowest BCUT2D eigenvalue weighted by atomic mass is 9.95. The fraction of sp³-hybridized carbons (Fsp3) is 0.444. The van der Waals surface area contributed by atoms with Crippen molar-refractivity contribution in [3.8, 4) is 11.1 Å². The highest BCUT2D eigenvalue weighted by Crippen LogP contribution is 2.30. The van der Waals surface area contributed by atoms with E-state index in [4.69, 9.17) is 9.51 Å². The predicted octanol–water partition coefficient (Wildman–Crippen LogP) is 3.66. The van der Waals surface area contributed by atoms with E-state index in [2.05, 4.69) is 25.9 Å². The van der Waals surface area contributed by atoms with Gasteiger partial charge in [0.1, 0.15) is 5.82 Å². The largest absolute Gasteiger partial charge is 0.367 e. The molecule has 0 spiro atoms. The molecule has 0 amide bonds. The zero-order valence-corrected chi connectivity index (χ0v) is 15.1. The number of nitrogens with zero attached hydrogens (tertiary/aromatic N) is 5. The Bertz CT molecular complexity index is 879. The van der Waals surface area contributed by atoms with Crippen LogP contribution in [-0.2, 0) is 7.05 Å². The molecule has 0 unspecified atom stereocenters. The van der Waals surface area contributed by atoms with Gasteiger partial charge in [0.05, 0.1) is 11.9 Å². The van der Waals surface area contributed by atoms with Gasteiger partial charge < -0.3 is 9.84 Å². The molecule has 0 aliphatic heterocycles. The van der Waals surface area contributed by atoms with E-state index in [9.17, 15) is 0 Å². The average Bonchev–Trinajstić information content (AvgIpc) is 3.24. The standard InChI is InChI=1S/C18H23N7O/c1-12-8-16(26-24-12)22-18-19-10-15(13-9-20-25(2)11-13)17(23-18)21-14-6-4-3-5-7-14/h8-11,14H,3-7H2,1-2H3,(H2,19,21,22,23). The van der Waals surface area contributed by atoms with Crippen molar-refractivity contribution in [2.75, 3.05) is 10.6 Å². The maximum atomic E-state index is 5.20. The quantitative estimate of drug-likeness (QED) is 0.723. The third kappa shape index (κ3) is 3.68. The molecule has 136 valence electrons. The first-order valence-corrected chi connectivity index (χ1v) is 9.00. The lowest BCUT2D eigenvalue weighted by molar-refractivity contribution is 0.429. The van der Waals surface area contributed by atoms with Crippen molar-refractivity contribution in [2.24, 2.45) is 7.05 Å². The Morgan fingerprint density at radius 3 is 2.73 bits per heavy atom. The minimum absolute atomic E-state index is 0.439. The minimum atomic E-state index is 0.439. The van der Waals surface area contributed by atoms with Gasteiger partial charge in [-0.2, -0.15) is 10.1 Å². The first-order chi connectivity index (χ1) is 12.7. The highest BCUT2D eigenvalue weighted by molar-refractivity contribution is 5.75. The fourth-order valence-corrected chi connectivity index (χ4v) is 3.30. The van der Waals surface area contributed by atoms with E-state index in [1.54, 1.807) is 4.68 Å². The van der Waals surface area contributed by atoms with Gasteiger partial charge in [-0.1, -0.05) is 24.4 Å². The smallest absolute Gasteiger partial charge is 0.231 e. The van der Waals surface area contributed by atoms with Crippen molar-refractivity contribution in [2.45, 2.75) is 45.1 Å². The number of hydrogen-bond donors (Lipinski definition) is 2. The van der Waals surface area contributed by atoms with Crippen LogP contribution in [0.15, 0.2) is 29.2 Å². The van der Waals surface area contributed by atoms with Gasteiger partial charge in [-0.3, -0.25) is 10.00 Å². The van der Waals surface area contributed by atoms with Crippen LogP contribution in [-0.4, -0.2) is 30.9 Å². The lowest BCUT2D eigenvalue weighted by Crippen LogP contribution is -2.23. The van der Waals surface area contributed by atoms with Crippen molar-refractivity contribution in [3.63, 3.8) is 0 Å². The molecule has 26 heavy (non-hydrogen) atoms. The molecule has 1 aliphatic rings. The molecule has 1 aliphatic carbocycles. The summed E-state index contributed by atoms with van der Waals surface area (Å²) in [7, 11) is 1.90. The van der Waals surface area contributed by atoms with Gasteiger partial charge in [0.2, 0.25) is 11.8 Å². The van der Waals surface area contributed by atoms with Crippen molar-refractivity contribution in [3.05, 3.63) is 30.4 Å². The molecular formula is C18H23N7O. The first kappa shape index (κ1) is 16.6. The first-order valence-electron chi connectivity index (χ1n) is 9.00. The van der Waals surface area contributed by atoms with Gasteiger partial charge >= 0.3 is 0 Å². The minimum Gasteiger partial charge on any atom is -0.367 e. The summed E-state index contributed by atoms with van der Waals surface area (Å²) in [6.07, 6.45) is 11.8. The Balaban J connectivity index is 1.64. The number of aromatic nitrogens is 5. The van der Waals surface area contributed by atoms with Crippen LogP contribution in [0.5, 0.6) is 0 Å². The number of aryl methyl sites for hydroxylation is 2. The Morgan fingerprint density at radius 2 is 2.04 bits per heavy atom. The van der Waals surface area contributed by atoms with Crippen LogP contribution in [0.1, 0.15) is 37.8 Å². The monoisotopic (exact) mass is 353 g/mol. The van der Waals surface area contributed by atoms with Crippen LogP contribution in [0.3, 0.4) is 0 Å². The molecule has 0 atom stereocenters. The van der Waals surface area contributed by atoms with Crippen molar-refractivity contribution in [1.29, 1.82) is 0 Å². The predicted molar refractivity (Wildman–Crippen MR) is 99.3 cm³/mol. The summed E-state index contributed by atoms with van der Waals surface area (Å²) in [5.41, 5.74) is 2.75. The van der Waals surface area contributed by atoms with Crippen molar-refractivity contribution < 1.29 is 4.52 Å². The molecule has 3 aromatic heterocycles. The SMILES string of the molecule is Cc1cc(Nc2ncc(-c3cnn(C)c3)c(NC3CCCCC3)n2)on1. The van der Waals surface area contributed by atoms with E-state index in [1.807, 2.05) is 38.6 Å². The van der Waals surface area contributed by atoms with Crippen LogP contribution in [0.2, 0.25) is 0 Å². The number of hydrogen-bond acceptors (Lipinski definition) is 7. The van der Waals surface area contributed by atoms with Crippen LogP contribution in [0.25, 0.3) is 11.1 Å². The van der Waals surface area contributed by atoms with Gasteiger partial charge in [-0.25, -0.2) is 4.98 Å². The second-order valence-corrected chi connectivity index (χ2v) is 6.80. The molecular weight excluding hydrogens is 330 g/mol. The van der Waals surface area contributed by atoms with E-state index in [1.165, 1.54) is 32.1 Å². The molecule has 0 aromatic carbocycles. The maximum absolute atomic E-state index is 5.20. The molecule has 2 N–H and O–H groups in total. The summed E-state index contributed by atoms with van der Waals surface area (Å²) in [5.74, 6) is 1.82. The van der Waals surface area contributed by atoms with Gasteiger partial charge in [-0.15, -0.1) is 0 Å². The zero-order valence-electron chi connectivity index (χ0n) is 15.1. The van der Waals surface area contributed by atoms with E-state index < -0.39 is 0 Å². The van der Waals surface area contributed by atoms with E-state index >= 15 is 0 Å². The van der Waals surface area contributed by atoms with Gasteiger partial charge in [0.15, 0.2) is 0 Å². The summed E-state index contributed by atoms with van der Waals surface area (Å²) in [6, 6.07) is 2.25. The van der Waals surface area contributed by atoms with Crippen molar-refractivity contribution >= 4 is 17.7 Å². The maximum Gasteiger partial charge on any atom is 0.231 e. The molecule has 8 heteroatoms. The third-order valence-corrected chi connectivity index (χ3v) is 4.61. The van der Waals surface area contributed by atoms with E-state index in [-0.39, 0.29) is 0 Å². The molecule has 0 radical (unpaired) electrons. The molecule has 4 rings (SSSR count). The van der Waals surface area contributed by atoms with Crippen LogP contribution >= 0.6 is 0 Å². The normalized spacial score (nSPS) is 15.2. The summed E-state index contributed by atoms with van der Waals surface area (Å²) < 4.78 is 6.98. The zero-order chi connectivity index (χ0) is 17.9.